The van der Waals surface area contributed by atoms with E-state index in [2.05, 4.69) is 34.2 Å². The third kappa shape index (κ3) is 2.34. The van der Waals surface area contributed by atoms with Crippen LogP contribution in [0.4, 0.5) is 5.95 Å². The first-order valence-corrected chi connectivity index (χ1v) is 6.25. The van der Waals surface area contributed by atoms with Crippen molar-refractivity contribution in [3.8, 4) is 11.4 Å². The van der Waals surface area contributed by atoms with Gasteiger partial charge in [-0.05, 0) is 39.3 Å². The molecule has 1 N–H and O–H groups in total. The van der Waals surface area contributed by atoms with Gasteiger partial charge in [-0.25, -0.2) is 9.97 Å². The maximum absolute atomic E-state index is 4.56. The molecule has 0 amide bonds. The minimum atomic E-state index is 0.312. The van der Waals surface area contributed by atoms with Crippen LogP contribution in [-0.2, 0) is 0 Å². The molecule has 0 aliphatic heterocycles. The maximum Gasteiger partial charge on any atom is 0.223 e. The Morgan fingerprint density at radius 1 is 1.39 bits per heavy atom. The van der Waals surface area contributed by atoms with E-state index < -0.39 is 0 Å². The lowest BCUT2D eigenvalue weighted by molar-refractivity contribution is 0.537. The topological polar surface area (TPSA) is 55.6 Å². The summed E-state index contributed by atoms with van der Waals surface area (Å²) in [6, 6.07) is 2.30. The van der Waals surface area contributed by atoms with E-state index in [1.54, 1.807) is 0 Å². The molecule has 0 aromatic carbocycles. The fourth-order valence-corrected chi connectivity index (χ4v) is 1.86. The molecule has 0 saturated carbocycles. The van der Waals surface area contributed by atoms with E-state index >= 15 is 0 Å². The number of rotatable bonds is 4. The average molecular weight is 245 g/mol. The molecule has 2 aromatic heterocycles. The summed E-state index contributed by atoms with van der Waals surface area (Å²) in [5.41, 5.74) is 3.02. The van der Waals surface area contributed by atoms with Gasteiger partial charge in [0.25, 0.3) is 0 Å². The second-order valence-corrected chi connectivity index (χ2v) is 4.51. The van der Waals surface area contributed by atoms with Gasteiger partial charge in [-0.15, -0.1) is 0 Å². The molecule has 0 atom stereocenters. The number of nitrogens with zero attached hydrogens (tertiary/aromatic N) is 4. The van der Waals surface area contributed by atoms with Gasteiger partial charge in [0.2, 0.25) is 5.95 Å². The number of aryl methyl sites for hydroxylation is 1. The third-order valence-electron chi connectivity index (χ3n) is 2.71. The van der Waals surface area contributed by atoms with Crippen molar-refractivity contribution in [1.29, 1.82) is 0 Å². The van der Waals surface area contributed by atoms with Crippen molar-refractivity contribution in [2.24, 2.45) is 0 Å². The van der Waals surface area contributed by atoms with E-state index in [0.717, 1.165) is 23.5 Å². The number of hydrogen-bond acceptors (Lipinski definition) is 4. The second kappa shape index (κ2) is 5.16. The number of aromatic nitrogens is 4. The van der Waals surface area contributed by atoms with Gasteiger partial charge >= 0.3 is 0 Å². The smallest absolute Gasteiger partial charge is 0.223 e. The first-order valence-electron chi connectivity index (χ1n) is 6.25. The Bertz CT molecular complexity index is 530. The van der Waals surface area contributed by atoms with Crippen LogP contribution >= 0.6 is 0 Å². The van der Waals surface area contributed by atoms with Gasteiger partial charge in [-0.3, -0.25) is 4.68 Å². The quantitative estimate of drug-likeness (QED) is 0.899. The Balaban J connectivity index is 2.48. The van der Waals surface area contributed by atoms with Gasteiger partial charge < -0.3 is 5.32 Å². The molecule has 2 heterocycles. The minimum Gasteiger partial charge on any atom is -0.354 e. The molecular weight excluding hydrogens is 226 g/mol. The first-order chi connectivity index (χ1) is 8.63. The van der Waals surface area contributed by atoms with Crippen LogP contribution in [0.5, 0.6) is 0 Å². The van der Waals surface area contributed by atoms with Crippen LogP contribution in [0.25, 0.3) is 11.4 Å². The lowest BCUT2D eigenvalue weighted by Gasteiger charge is -2.12. The Morgan fingerprint density at radius 3 is 2.83 bits per heavy atom. The SMILES string of the molecule is CCNc1ncc(C)c(-c2ccnn2C(C)C)n1. The maximum atomic E-state index is 4.56. The summed E-state index contributed by atoms with van der Waals surface area (Å²) < 4.78 is 1.98. The third-order valence-corrected chi connectivity index (χ3v) is 2.71. The molecule has 0 radical (unpaired) electrons. The molecule has 2 aromatic rings. The summed E-state index contributed by atoms with van der Waals surface area (Å²) >= 11 is 0. The fraction of sp³-hybridized carbons (Fsp3) is 0.462. The van der Waals surface area contributed by atoms with Crippen LogP contribution in [0.2, 0.25) is 0 Å². The molecule has 0 aliphatic carbocycles. The van der Waals surface area contributed by atoms with Crippen LogP contribution in [0, 0.1) is 6.92 Å². The van der Waals surface area contributed by atoms with Gasteiger partial charge in [0.1, 0.15) is 0 Å². The zero-order valence-corrected chi connectivity index (χ0v) is 11.3. The molecular formula is C13H19N5. The summed E-state index contributed by atoms with van der Waals surface area (Å²) in [6.45, 7) is 9.08. The van der Waals surface area contributed by atoms with Crippen LogP contribution in [0.1, 0.15) is 32.4 Å². The zero-order valence-electron chi connectivity index (χ0n) is 11.3. The van der Waals surface area contributed by atoms with Crippen molar-refractivity contribution in [3.05, 3.63) is 24.0 Å². The van der Waals surface area contributed by atoms with Crippen molar-refractivity contribution in [2.45, 2.75) is 33.7 Å². The predicted molar refractivity (Wildman–Crippen MR) is 72.5 cm³/mol. The molecule has 0 unspecified atom stereocenters. The highest BCUT2D eigenvalue weighted by Gasteiger charge is 2.13. The van der Waals surface area contributed by atoms with Gasteiger partial charge in [0, 0.05) is 25.0 Å². The monoisotopic (exact) mass is 245 g/mol. The van der Waals surface area contributed by atoms with Gasteiger partial charge in [-0.2, -0.15) is 5.10 Å². The standard InChI is InChI=1S/C13H19N5/c1-5-14-13-15-8-10(4)12(17-13)11-6-7-16-18(11)9(2)3/h6-9H,5H2,1-4H3,(H,14,15,17). The number of anilines is 1. The van der Waals surface area contributed by atoms with E-state index in [4.69, 9.17) is 0 Å². The average Bonchev–Trinajstić information content (AvgIpc) is 2.81. The molecule has 0 bridgehead atoms. The lowest BCUT2D eigenvalue weighted by Crippen LogP contribution is -2.08. The summed E-state index contributed by atoms with van der Waals surface area (Å²) in [6.07, 6.45) is 3.65. The summed E-state index contributed by atoms with van der Waals surface area (Å²) in [4.78, 5) is 8.83. The van der Waals surface area contributed by atoms with Gasteiger partial charge in [-0.1, -0.05) is 0 Å². The molecule has 2 rings (SSSR count). The van der Waals surface area contributed by atoms with E-state index in [9.17, 15) is 0 Å². The van der Waals surface area contributed by atoms with Crippen LogP contribution in [0.15, 0.2) is 18.5 Å². The van der Waals surface area contributed by atoms with Crippen LogP contribution < -0.4 is 5.32 Å². The second-order valence-electron chi connectivity index (χ2n) is 4.51. The van der Waals surface area contributed by atoms with Crippen LogP contribution in [0.3, 0.4) is 0 Å². The zero-order chi connectivity index (χ0) is 13.1. The Kier molecular flexibility index (Phi) is 3.60. The molecule has 5 heteroatoms. The fourth-order valence-electron chi connectivity index (χ4n) is 1.86. The van der Waals surface area contributed by atoms with E-state index in [1.807, 2.05) is 37.0 Å². The highest BCUT2D eigenvalue weighted by atomic mass is 15.3. The molecule has 96 valence electrons. The van der Waals surface area contributed by atoms with Crippen molar-refractivity contribution in [1.82, 2.24) is 19.7 Å². The van der Waals surface area contributed by atoms with Crippen molar-refractivity contribution >= 4 is 5.95 Å². The van der Waals surface area contributed by atoms with Crippen molar-refractivity contribution in [2.75, 3.05) is 11.9 Å². The van der Waals surface area contributed by atoms with Crippen molar-refractivity contribution in [3.63, 3.8) is 0 Å². The molecule has 0 spiro atoms. The highest BCUT2D eigenvalue weighted by molar-refractivity contribution is 5.60. The van der Waals surface area contributed by atoms with E-state index in [-0.39, 0.29) is 0 Å². The van der Waals surface area contributed by atoms with Gasteiger partial charge in [0.15, 0.2) is 0 Å². The molecule has 0 fully saturated rings. The lowest BCUT2D eigenvalue weighted by atomic mass is 10.2. The molecule has 5 nitrogen and oxygen atoms in total. The number of nitrogens with one attached hydrogen (secondary N) is 1. The first kappa shape index (κ1) is 12.5. The minimum absolute atomic E-state index is 0.312. The molecule has 18 heavy (non-hydrogen) atoms. The summed E-state index contributed by atoms with van der Waals surface area (Å²) in [7, 11) is 0. The Hall–Kier alpha value is -1.91. The van der Waals surface area contributed by atoms with Gasteiger partial charge in [0.05, 0.1) is 11.4 Å². The van der Waals surface area contributed by atoms with E-state index in [1.165, 1.54) is 0 Å². The Morgan fingerprint density at radius 2 is 2.17 bits per heavy atom. The summed E-state index contributed by atoms with van der Waals surface area (Å²) in [5, 5.41) is 7.48. The van der Waals surface area contributed by atoms with E-state index in [0.29, 0.717) is 12.0 Å². The number of hydrogen-bond donors (Lipinski definition) is 1. The van der Waals surface area contributed by atoms with Crippen molar-refractivity contribution < 1.29 is 0 Å². The highest BCUT2D eigenvalue weighted by Crippen LogP contribution is 2.23. The normalized spacial score (nSPS) is 10.9. The predicted octanol–water partition coefficient (Wildman–Crippen LogP) is 2.66. The van der Waals surface area contributed by atoms with Crippen LogP contribution in [-0.4, -0.2) is 26.3 Å². The Labute approximate surface area is 107 Å². The largest absolute Gasteiger partial charge is 0.354 e. The summed E-state index contributed by atoms with van der Waals surface area (Å²) in [5.74, 6) is 0.662. The molecule has 0 aliphatic rings. The molecule has 0 saturated heterocycles.